The van der Waals surface area contributed by atoms with Gasteiger partial charge in [-0.3, -0.25) is 0 Å². The zero-order chi connectivity index (χ0) is 7.82. The Balaban J connectivity index is 0. The third-order valence-corrected chi connectivity index (χ3v) is 1.04. The fourth-order valence-corrected chi connectivity index (χ4v) is 0.589. The number of rotatable bonds is 1. The quantitative estimate of drug-likeness (QED) is 0.590. The zero-order valence-corrected chi connectivity index (χ0v) is 12.3. The Bertz CT molecular complexity index is 167. The van der Waals surface area contributed by atoms with Crippen LogP contribution in [0.5, 0.6) is 0 Å². The fraction of sp³-hybridized carbons (Fsp3) is 0.100. The standard InChI is InChI=1S/C8H8.C2H5.Rb/c1-2-8-6-4-3-5-7-8;1-2;/h2-7H,1H2;1H2,2H3;/q;-1;+1. The molecule has 0 fully saturated rings. The van der Waals surface area contributed by atoms with Crippen molar-refractivity contribution in [3.8, 4) is 0 Å². The maximum absolute atomic E-state index is 3.63. The minimum Gasteiger partial charge on any atom is -0.346 e. The molecule has 0 nitrogen and oxygen atoms in total. The van der Waals surface area contributed by atoms with Crippen molar-refractivity contribution >= 4 is 6.08 Å². The van der Waals surface area contributed by atoms with Crippen LogP contribution in [0.1, 0.15) is 12.5 Å². The average molecular weight is 219 g/mol. The molecule has 0 saturated heterocycles. The van der Waals surface area contributed by atoms with Gasteiger partial charge in [-0.2, -0.15) is 6.92 Å². The van der Waals surface area contributed by atoms with Gasteiger partial charge >= 0.3 is 58.2 Å². The molecule has 0 saturated carbocycles. The Morgan fingerprint density at radius 3 is 1.91 bits per heavy atom. The Morgan fingerprint density at radius 1 is 1.18 bits per heavy atom. The first-order chi connectivity index (χ1) is 4.93. The van der Waals surface area contributed by atoms with E-state index in [1.807, 2.05) is 36.4 Å². The summed E-state index contributed by atoms with van der Waals surface area (Å²) in [6.45, 7) is 8.63. The van der Waals surface area contributed by atoms with Crippen molar-refractivity contribution in [2.75, 3.05) is 0 Å². The molecule has 0 aliphatic carbocycles. The molecule has 0 aliphatic heterocycles. The smallest absolute Gasteiger partial charge is 0.346 e. The minimum absolute atomic E-state index is 0. The van der Waals surface area contributed by atoms with E-state index < -0.39 is 0 Å². The van der Waals surface area contributed by atoms with Crippen LogP contribution >= 0.6 is 0 Å². The average Bonchev–Trinajstić information content (AvgIpc) is 2.10. The van der Waals surface area contributed by atoms with Crippen LogP contribution in [0.4, 0.5) is 0 Å². The van der Waals surface area contributed by atoms with Gasteiger partial charge in [0.05, 0.1) is 0 Å². The summed E-state index contributed by atoms with van der Waals surface area (Å²) in [6, 6.07) is 10.0. The maximum atomic E-state index is 3.63. The molecule has 1 aromatic carbocycles. The third kappa shape index (κ3) is 7.14. The number of hydrogen-bond donors (Lipinski definition) is 0. The van der Waals surface area contributed by atoms with Gasteiger partial charge in [0.25, 0.3) is 0 Å². The minimum atomic E-state index is 0. The van der Waals surface area contributed by atoms with E-state index in [4.69, 9.17) is 0 Å². The first-order valence-electron chi connectivity index (χ1n) is 3.31. The van der Waals surface area contributed by atoms with Crippen molar-refractivity contribution in [2.24, 2.45) is 0 Å². The summed E-state index contributed by atoms with van der Waals surface area (Å²) in [5.74, 6) is 0. The summed E-state index contributed by atoms with van der Waals surface area (Å²) >= 11 is 0. The Kier molecular flexibility index (Phi) is 14.0. The van der Waals surface area contributed by atoms with Gasteiger partial charge in [0.2, 0.25) is 0 Å². The molecule has 0 bridgehead atoms. The van der Waals surface area contributed by atoms with Crippen LogP contribution in [0.2, 0.25) is 0 Å². The molecular weight excluding hydrogens is 206 g/mol. The van der Waals surface area contributed by atoms with Crippen molar-refractivity contribution in [1.82, 2.24) is 0 Å². The van der Waals surface area contributed by atoms with Crippen LogP contribution in [0.3, 0.4) is 0 Å². The van der Waals surface area contributed by atoms with Gasteiger partial charge in [-0.05, 0) is 5.56 Å². The van der Waals surface area contributed by atoms with Gasteiger partial charge in [-0.25, -0.2) is 0 Å². The summed E-state index contributed by atoms with van der Waals surface area (Å²) in [6.07, 6.45) is 1.83. The van der Waals surface area contributed by atoms with Gasteiger partial charge < -0.3 is 6.92 Å². The molecule has 54 valence electrons. The molecule has 11 heavy (non-hydrogen) atoms. The van der Waals surface area contributed by atoms with Crippen LogP contribution in [-0.2, 0) is 0 Å². The normalized spacial score (nSPS) is 6.73. The van der Waals surface area contributed by atoms with E-state index in [0.29, 0.717) is 0 Å². The summed E-state index contributed by atoms with van der Waals surface area (Å²) in [4.78, 5) is 0. The van der Waals surface area contributed by atoms with Crippen LogP contribution in [0.15, 0.2) is 36.9 Å². The van der Waals surface area contributed by atoms with Crippen molar-refractivity contribution in [3.63, 3.8) is 0 Å². The summed E-state index contributed by atoms with van der Waals surface area (Å²) < 4.78 is 0. The van der Waals surface area contributed by atoms with Crippen molar-refractivity contribution in [3.05, 3.63) is 49.4 Å². The summed E-state index contributed by atoms with van der Waals surface area (Å²) in [7, 11) is 0. The Morgan fingerprint density at radius 2 is 1.64 bits per heavy atom. The largest absolute Gasteiger partial charge is 1.00 e. The summed E-state index contributed by atoms with van der Waals surface area (Å²) in [5, 5.41) is 0. The maximum Gasteiger partial charge on any atom is 1.00 e. The van der Waals surface area contributed by atoms with Crippen LogP contribution in [0.25, 0.3) is 6.08 Å². The van der Waals surface area contributed by atoms with Crippen molar-refractivity contribution < 1.29 is 58.2 Å². The first kappa shape index (κ1) is 14.3. The molecule has 0 aromatic heterocycles. The molecule has 0 atom stereocenters. The zero-order valence-electron chi connectivity index (χ0n) is 7.38. The molecule has 0 heterocycles. The molecule has 1 rings (SSSR count). The molecule has 0 spiro atoms. The number of benzene rings is 1. The van der Waals surface area contributed by atoms with E-state index in [-0.39, 0.29) is 58.2 Å². The topological polar surface area (TPSA) is 0 Å². The molecule has 1 heteroatoms. The molecule has 0 amide bonds. The second-order valence-corrected chi connectivity index (χ2v) is 1.61. The van der Waals surface area contributed by atoms with Crippen molar-refractivity contribution in [2.45, 2.75) is 6.92 Å². The predicted octanol–water partition coefficient (Wildman–Crippen LogP) is 0.174. The second-order valence-electron chi connectivity index (χ2n) is 1.61. The molecule has 0 radical (unpaired) electrons. The monoisotopic (exact) mass is 218 g/mol. The van der Waals surface area contributed by atoms with E-state index in [1.54, 1.807) is 6.92 Å². The van der Waals surface area contributed by atoms with E-state index >= 15 is 0 Å². The van der Waals surface area contributed by atoms with E-state index in [2.05, 4.69) is 13.5 Å². The molecule has 0 N–H and O–H groups in total. The Labute approximate surface area is 119 Å². The van der Waals surface area contributed by atoms with Crippen LogP contribution < -0.4 is 58.2 Å². The van der Waals surface area contributed by atoms with Gasteiger partial charge in [0.15, 0.2) is 0 Å². The van der Waals surface area contributed by atoms with Crippen LogP contribution in [-0.4, -0.2) is 0 Å². The summed E-state index contributed by atoms with van der Waals surface area (Å²) in [5.41, 5.74) is 1.17. The Hall–Kier alpha value is 0.765. The first-order valence-corrected chi connectivity index (χ1v) is 3.31. The van der Waals surface area contributed by atoms with Crippen LogP contribution in [0, 0.1) is 6.92 Å². The number of hydrogen-bond acceptors (Lipinski definition) is 0. The molecular formula is C10H13Rb. The fourth-order valence-electron chi connectivity index (χ4n) is 0.589. The second kappa shape index (κ2) is 10.8. The SMILES string of the molecule is C=Cc1ccccc1.[CH2-]C.[Rb+]. The van der Waals surface area contributed by atoms with E-state index in [0.717, 1.165) is 0 Å². The van der Waals surface area contributed by atoms with Gasteiger partial charge in [0, 0.05) is 0 Å². The van der Waals surface area contributed by atoms with Crippen molar-refractivity contribution in [1.29, 1.82) is 0 Å². The molecule has 0 unspecified atom stereocenters. The van der Waals surface area contributed by atoms with Gasteiger partial charge in [-0.1, -0.05) is 43.0 Å². The molecule has 0 aliphatic rings. The molecule has 1 aromatic rings. The predicted molar refractivity (Wildman–Crippen MR) is 47.6 cm³/mol. The van der Waals surface area contributed by atoms with E-state index in [1.165, 1.54) is 5.56 Å². The van der Waals surface area contributed by atoms with Gasteiger partial charge in [0.1, 0.15) is 0 Å². The van der Waals surface area contributed by atoms with Gasteiger partial charge in [-0.15, -0.1) is 0 Å². The van der Waals surface area contributed by atoms with E-state index in [9.17, 15) is 0 Å². The third-order valence-electron chi connectivity index (χ3n) is 1.04.